The molecule has 0 fully saturated rings. The zero-order valence-electron chi connectivity index (χ0n) is 8.99. The first-order valence-corrected chi connectivity index (χ1v) is 5.86. The molecular formula is C10H12N4OS. The molecule has 0 radical (unpaired) electrons. The standard InChI is InChI=1S/C10H12N4OS/c1-7(15)12-10-13-8-2-4-14(5-3-11)6-9(8)16-10/h2,4-6H2,1H3,(H,12,13,15). The maximum absolute atomic E-state index is 10.9. The number of anilines is 1. The lowest BCUT2D eigenvalue weighted by atomic mass is 10.2. The molecule has 1 aliphatic rings. The SMILES string of the molecule is CC(=O)Nc1nc2c(s1)CN(CC#N)CC2. The summed E-state index contributed by atoms with van der Waals surface area (Å²) in [5.41, 5.74) is 1.06. The molecule has 0 bridgehead atoms. The summed E-state index contributed by atoms with van der Waals surface area (Å²) in [4.78, 5) is 18.5. The second kappa shape index (κ2) is 4.60. The van der Waals surface area contributed by atoms with E-state index in [4.69, 9.17) is 5.26 Å². The average Bonchev–Trinajstić information content (AvgIpc) is 2.58. The van der Waals surface area contributed by atoms with Gasteiger partial charge in [-0.1, -0.05) is 0 Å². The van der Waals surface area contributed by atoms with Gasteiger partial charge in [0.15, 0.2) is 5.13 Å². The Hall–Kier alpha value is -1.45. The predicted molar refractivity (Wildman–Crippen MR) is 61.0 cm³/mol. The number of carbonyl (C=O) groups is 1. The molecule has 1 aromatic heterocycles. The van der Waals surface area contributed by atoms with Gasteiger partial charge in [-0.25, -0.2) is 4.98 Å². The maximum atomic E-state index is 10.9. The van der Waals surface area contributed by atoms with E-state index in [1.807, 2.05) is 0 Å². The molecule has 1 aliphatic heterocycles. The van der Waals surface area contributed by atoms with Crippen molar-refractivity contribution in [1.82, 2.24) is 9.88 Å². The number of rotatable bonds is 2. The summed E-state index contributed by atoms with van der Waals surface area (Å²) in [6, 6.07) is 2.15. The van der Waals surface area contributed by atoms with E-state index in [0.717, 1.165) is 30.1 Å². The number of aromatic nitrogens is 1. The van der Waals surface area contributed by atoms with Crippen LogP contribution in [0.15, 0.2) is 0 Å². The molecule has 0 aromatic carbocycles. The summed E-state index contributed by atoms with van der Waals surface area (Å²) in [5, 5.41) is 12.0. The number of hydrogen-bond donors (Lipinski definition) is 1. The van der Waals surface area contributed by atoms with Crippen LogP contribution in [0.5, 0.6) is 0 Å². The van der Waals surface area contributed by atoms with Gasteiger partial charge >= 0.3 is 0 Å². The van der Waals surface area contributed by atoms with Crippen LogP contribution >= 0.6 is 11.3 Å². The topological polar surface area (TPSA) is 69.0 Å². The molecule has 16 heavy (non-hydrogen) atoms. The molecule has 0 saturated heterocycles. The van der Waals surface area contributed by atoms with E-state index in [2.05, 4.69) is 21.3 Å². The molecule has 1 N–H and O–H groups in total. The van der Waals surface area contributed by atoms with Crippen LogP contribution in [0.4, 0.5) is 5.13 Å². The third kappa shape index (κ3) is 2.38. The summed E-state index contributed by atoms with van der Waals surface area (Å²) in [5.74, 6) is -0.0972. The number of fused-ring (bicyclic) bond motifs is 1. The molecule has 0 aliphatic carbocycles. The lowest BCUT2D eigenvalue weighted by molar-refractivity contribution is -0.114. The Morgan fingerprint density at radius 1 is 1.75 bits per heavy atom. The Labute approximate surface area is 97.7 Å². The van der Waals surface area contributed by atoms with Gasteiger partial charge in [0.2, 0.25) is 5.91 Å². The molecule has 2 heterocycles. The van der Waals surface area contributed by atoms with Crippen molar-refractivity contribution in [1.29, 1.82) is 5.26 Å². The van der Waals surface area contributed by atoms with E-state index in [-0.39, 0.29) is 5.91 Å². The third-order valence-corrected chi connectivity index (χ3v) is 3.39. The zero-order chi connectivity index (χ0) is 11.5. The van der Waals surface area contributed by atoms with Crippen molar-refractivity contribution in [3.8, 4) is 6.07 Å². The van der Waals surface area contributed by atoms with E-state index in [9.17, 15) is 4.79 Å². The van der Waals surface area contributed by atoms with Crippen LogP contribution in [0, 0.1) is 11.3 Å². The van der Waals surface area contributed by atoms with E-state index in [1.165, 1.54) is 18.3 Å². The summed E-state index contributed by atoms with van der Waals surface area (Å²) in [6.45, 7) is 3.55. The molecule has 0 atom stereocenters. The number of nitrogens with one attached hydrogen (secondary N) is 1. The van der Waals surface area contributed by atoms with Gasteiger partial charge in [-0.3, -0.25) is 9.69 Å². The van der Waals surface area contributed by atoms with E-state index in [1.54, 1.807) is 0 Å². The molecule has 6 heteroatoms. The van der Waals surface area contributed by atoms with Crippen LogP contribution < -0.4 is 5.32 Å². The molecular weight excluding hydrogens is 224 g/mol. The predicted octanol–water partition coefficient (Wildman–Crippen LogP) is 0.983. The fraction of sp³-hybridized carbons (Fsp3) is 0.500. The Balaban J connectivity index is 2.11. The molecule has 0 saturated carbocycles. The first kappa shape index (κ1) is 11.0. The minimum Gasteiger partial charge on any atom is -0.302 e. The molecule has 1 amide bonds. The summed E-state index contributed by atoms with van der Waals surface area (Å²) in [7, 11) is 0. The van der Waals surface area contributed by atoms with E-state index < -0.39 is 0 Å². The molecule has 84 valence electrons. The minimum absolute atomic E-state index is 0.0972. The molecule has 5 nitrogen and oxygen atoms in total. The van der Waals surface area contributed by atoms with Crippen molar-refractivity contribution in [3.63, 3.8) is 0 Å². The summed E-state index contributed by atoms with van der Waals surface area (Å²) < 4.78 is 0. The molecule has 0 unspecified atom stereocenters. The minimum atomic E-state index is -0.0972. The van der Waals surface area contributed by atoms with Gasteiger partial charge < -0.3 is 5.32 Å². The van der Waals surface area contributed by atoms with E-state index in [0.29, 0.717) is 11.7 Å². The van der Waals surface area contributed by atoms with Gasteiger partial charge in [-0.05, 0) is 0 Å². The lowest BCUT2D eigenvalue weighted by Crippen LogP contribution is -2.30. The number of amides is 1. The average molecular weight is 236 g/mol. The second-order valence-electron chi connectivity index (χ2n) is 3.69. The Kier molecular flexibility index (Phi) is 3.17. The molecule has 0 spiro atoms. The summed E-state index contributed by atoms with van der Waals surface area (Å²) in [6.07, 6.45) is 0.854. The quantitative estimate of drug-likeness (QED) is 0.777. The summed E-state index contributed by atoms with van der Waals surface area (Å²) >= 11 is 1.50. The fourth-order valence-corrected chi connectivity index (χ4v) is 2.78. The number of carbonyl (C=O) groups excluding carboxylic acids is 1. The zero-order valence-corrected chi connectivity index (χ0v) is 9.80. The highest BCUT2D eigenvalue weighted by Crippen LogP contribution is 2.27. The van der Waals surface area contributed by atoms with Crippen molar-refractivity contribution in [2.45, 2.75) is 19.9 Å². The first-order valence-electron chi connectivity index (χ1n) is 5.04. The maximum Gasteiger partial charge on any atom is 0.223 e. The Morgan fingerprint density at radius 3 is 3.25 bits per heavy atom. The van der Waals surface area contributed by atoms with Gasteiger partial charge in [0.1, 0.15) is 0 Å². The van der Waals surface area contributed by atoms with Gasteiger partial charge in [0, 0.05) is 31.3 Å². The lowest BCUT2D eigenvalue weighted by Gasteiger charge is -2.22. The second-order valence-corrected chi connectivity index (χ2v) is 4.77. The van der Waals surface area contributed by atoms with Crippen molar-refractivity contribution < 1.29 is 4.79 Å². The Bertz CT molecular complexity index is 448. The van der Waals surface area contributed by atoms with Crippen LogP contribution in [0.1, 0.15) is 17.5 Å². The monoisotopic (exact) mass is 236 g/mol. The number of hydrogen-bond acceptors (Lipinski definition) is 5. The molecule has 2 rings (SSSR count). The fourth-order valence-electron chi connectivity index (χ4n) is 1.69. The van der Waals surface area contributed by atoms with Gasteiger partial charge in [-0.2, -0.15) is 5.26 Å². The highest BCUT2D eigenvalue weighted by atomic mass is 32.1. The van der Waals surface area contributed by atoms with Crippen molar-refractivity contribution in [2.24, 2.45) is 0 Å². The van der Waals surface area contributed by atoms with Gasteiger partial charge in [0.05, 0.1) is 18.3 Å². The largest absolute Gasteiger partial charge is 0.302 e. The van der Waals surface area contributed by atoms with Crippen molar-refractivity contribution in [3.05, 3.63) is 10.6 Å². The van der Waals surface area contributed by atoms with Crippen LogP contribution in [0.2, 0.25) is 0 Å². The van der Waals surface area contributed by atoms with Crippen LogP contribution in [-0.2, 0) is 17.8 Å². The van der Waals surface area contributed by atoms with E-state index >= 15 is 0 Å². The van der Waals surface area contributed by atoms with Gasteiger partial charge in [0.25, 0.3) is 0 Å². The van der Waals surface area contributed by atoms with Crippen LogP contribution in [0.3, 0.4) is 0 Å². The highest BCUT2D eigenvalue weighted by molar-refractivity contribution is 7.15. The van der Waals surface area contributed by atoms with Crippen LogP contribution in [-0.4, -0.2) is 28.9 Å². The Morgan fingerprint density at radius 2 is 2.56 bits per heavy atom. The number of nitrogens with zero attached hydrogens (tertiary/aromatic N) is 3. The normalized spacial score (nSPS) is 15.2. The molecule has 1 aromatic rings. The number of thiazole rings is 1. The first-order chi connectivity index (χ1) is 7.69. The van der Waals surface area contributed by atoms with Crippen molar-refractivity contribution in [2.75, 3.05) is 18.4 Å². The third-order valence-electron chi connectivity index (χ3n) is 2.39. The number of nitriles is 1. The smallest absolute Gasteiger partial charge is 0.223 e. The van der Waals surface area contributed by atoms with Gasteiger partial charge in [-0.15, -0.1) is 11.3 Å². The van der Waals surface area contributed by atoms with Crippen molar-refractivity contribution >= 4 is 22.4 Å². The highest BCUT2D eigenvalue weighted by Gasteiger charge is 2.20. The van der Waals surface area contributed by atoms with Crippen LogP contribution in [0.25, 0.3) is 0 Å².